The second-order valence-corrected chi connectivity index (χ2v) is 14.0. The lowest BCUT2D eigenvalue weighted by atomic mass is 9.90. The zero-order chi connectivity index (χ0) is 25.8. The lowest BCUT2D eigenvalue weighted by Gasteiger charge is -2.33. The number of rotatable bonds is 4. The van der Waals surface area contributed by atoms with Gasteiger partial charge in [0.1, 0.15) is 8.07 Å². The number of imide groups is 1. The highest BCUT2D eigenvalue weighted by molar-refractivity contribution is 7.01. The van der Waals surface area contributed by atoms with Gasteiger partial charge >= 0.3 is 5.97 Å². The van der Waals surface area contributed by atoms with Gasteiger partial charge in [0.2, 0.25) is 0 Å². The van der Waals surface area contributed by atoms with E-state index in [9.17, 15) is 19.5 Å². The molecular formula is C28H26N2O5Si. The first-order valence-electron chi connectivity index (χ1n) is 11.7. The number of benzene rings is 3. The van der Waals surface area contributed by atoms with Gasteiger partial charge in [0.25, 0.3) is 11.8 Å². The van der Waals surface area contributed by atoms with Crippen LogP contribution < -0.4 is 26.5 Å². The van der Waals surface area contributed by atoms with Crippen molar-refractivity contribution >= 4 is 54.1 Å². The summed E-state index contributed by atoms with van der Waals surface area (Å²) in [5, 5.41) is 15.0. The predicted molar refractivity (Wildman–Crippen MR) is 139 cm³/mol. The number of hydroxylamine groups is 2. The van der Waals surface area contributed by atoms with Crippen LogP contribution in [0.15, 0.2) is 54.6 Å². The van der Waals surface area contributed by atoms with E-state index in [0.717, 1.165) is 26.8 Å². The largest absolute Gasteiger partial charge is 0.399 e. The van der Waals surface area contributed by atoms with Gasteiger partial charge in [-0.25, -0.2) is 4.79 Å². The Kier molecular flexibility index (Phi) is 5.65. The van der Waals surface area contributed by atoms with E-state index >= 15 is 0 Å². The van der Waals surface area contributed by atoms with Crippen molar-refractivity contribution < 1.29 is 24.3 Å². The molecule has 3 aromatic rings. The van der Waals surface area contributed by atoms with Crippen LogP contribution in [0.2, 0.25) is 13.1 Å². The Morgan fingerprint density at radius 1 is 1.00 bits per heavy atom. The van der Waals surface area contributed by atoms with Crippen molar-refractivity contribution in [2.45, 2.75) is 32.5 Å². The van der Waals surface area contributed by atoms with Gasteiger partial charge in [-0.2, -0.15) is 0 Å². The SMILES string of the molecule is C=c1ccc2c(c1)[Si](C)(C)c1cc(N)ccc1C=2c1cc(C(=O)ON2C(=O)CCC2=O)ccc1CO. The van der Waals surface area contributed by atoms with Crippen LogP contribution in [-0.2, 0) is 21.0 Å². The van der Waals surface area contributed by atoms with Crippen molar-refractivity contribution in [3.63, 3.8) is 0 Å². The predicted octanol–water partition coefficient (Wildman–Crippen LogP) is 0.776. The van der Waals surface area contributed by atoms with Crippen LogP contribution in [0.1, 0.15) is 39.9 Å². The summed E-state index contributed by atoms with van der Waals surface area (Å²) in [6.07, 6.45) is 0.0345. The average molecular weight is 499 g/mol. The van der Waals surface area contributed by atoms with Crippen LogP contribution in [0.3, 0.4) is 0 Å². The summed E-state index contributed by atoms with van der Waals surface area (Å²) in [4.78, 5) is 42.0. The Bertz CT molecular complexity index is 1560. The lowest BCUT2D eigenvalue weighted by Crippen LogP contribution is -2.63. The smallest absolute Gasteiger partial charge is 0.363 e. The molecular weight excluding hydrogens is 472 g/mol. The van der Waals surface area contributed by atoms with Crippen LogP contribution in [0.5, 0.6) is 0 Å². The molecule has 0 bridgehead atoms. The third-order valence-electron chi connectivity index (χ3n) is 6.98. The molecule has 0 aliphatic carbocycles. The molecule has 36 heavy (non-hydrogen) atoms. The number of anilines is 1. The molecule has 1 fully saturated rings. The molecule has 2 heterocycles. The third-order valence-corrected chi connectivity index (χ3v) is 10.5. The maximum Gasteiger partial charge on any atom is 0.363 e. The van der Waals surface area contributed by atoms with E-state index in [1.54, 1.807) is 12.1 Å². The summed E-state index contributed by atoms with van der Waals surface area (Å²) in [7, 11) is -2.15. The minimum Gasteiger partial charge on any atom is -0.399 e. The standard InChI is InChI=1S/C28H26N2O5Si/c1-16-4-8-20-23(12-16)36(2,3)24-14-19(29)7-9-21(24)27(20)22-13-17(5-6-18(22)15-31)28(34)35-30-25(32)10-11-26(30)33/h4-9,12-14,31H,1,10-11,15,29H2,2-3H3. The number of amides is 2. The Labute approximate surface area is 209 Å². The lowest BCUT2D eigenvalue weighted by molar-refractivity contribution is -0.172. The van der Waals surface area contributed by atoms with Crippen molar-refractivity contribution in [1.29, 1.82) is 0 Å². The number of carbonyl (C=O) groups is 3. The number of nitrogens with zero attached hydrogens (tertiary/aromatic N) is 1. The topological polar surface area (TPSA) is 110 Å². The van der Waals surface area contributed by atoms with E-state index in [1.165, 1.54) is 11.3 Å². The second-order valence-electron chi connectivity index (χ2n) is 9.68. The van der Waals surface area contributed by atoms with E-state index in [2.05, 4.69) is 25.7 Å². The summed E-state index contributed by atoms with van der Waals surface area (Å²) in [5.41, 5.74) is 10.2. The van der Waals surface area contributed by atoms with Gasteiger partial charge in [0.15, 0.2) is 0 Å². The normalized spacial score (nSPS) is 16.1. The highest BCUT2D eigenvalue weighted by atomic mass is 28.3. The maximum absolute atomic E-state index is 13.0. The van der Waals surface area contributed by atoms with Gasteiger partial charge in [0, 0.05) is 18.5 Å². The molecule has 0 atom stereocenters. The molecule has 182 valence electrons. The number of carbonyl (C=O) groups excluding carboxylic acids is 3. The fourth-order valence-electron chi connectivity index (χ4n) is 5.07. The zero-order valence-electron chi connectivity index (χ0n) is 20.1. The van der Waals surface area contributed by atoms with Crippen LogP contribution >= 0.6 is 0 Å². The fourth-order valence-corrected chi connectivity index (χ4v) is 8.20. The molecule has 8 heteroatoms. The third kappa shape index (κ3) is 3.75. The van der Waals surface area contributed by atoms with E-state index < -0.39 is 25.9 Å². The van der Waals surface area contributed by atoms with Crippen LogP contribution in [0, 0.1) is 0 Å². The molecule has 0 saturated carbocycles. The van der Waals surface area contributed by atoms with Crippen molar-refractivity contribution in [3.8, 4) is 0 Å². The summed E-state index contributed by atoms with van der Waals surface area (Å²) < 4.78 is 0. The molecule has 7 nitrogen and oxygen atoms in total. The molecule has 0 aromatic heterocycles. The average Bonchev–Trinajstić information content (AvgIpc) is 3.17. The molecule has 0 unspecified atom stereocenters. The number of nitrogens with two attached hydrogens (primary N) is 1. The summed E-state index contributed by atoms with van der Waals surface area (Å²) in [6.45, 7) is 8.42. The van der Waals surface area contributed by atoms with Crippen LogP contribution in [-0.4, -0.2) is 36.0 Å². The van der Waals surface area contributed by atoms with Gasteiger partial charge in [-0.05, 0) is 67.3 Å². The van der Waals surface area contributed by atoms with Gasteiger partial charge in [0.05, 0.1) is 12.2 Å². The minimum absolute atomic E-state index is 0.0172. The first kappa shape index (κ1) is 23.7. The van der Waals surface area contributed by atoms with Gasteiger partial charge in [-0.1, -0.05) is 50.0 Å². The maximum atomic E-state index is 13.0. The Morgan fingerprint density at radius 3 is 2.42 bits per heavy atom. The molecule has 1 saturated heterocycles. The van der Waals surface area contributed by atoms with Crippen LogP contribution in [0.25, 0.3) is 12.2 Å². The molecule has 0 radical (unpaired) electrons. The number of aliphatic hydroxyl groups is 1. The number of hydrogen-bond acceptors (Lipinski definition) is 6. The molecule has 2 aliphatic rings. The molecule has 0 spiro atoms. The van der Waals surface area contributed by atoms with Gasteiger partial charge < -0.3 is 15.7 Å². The summed E-state index contributed by atoms with van der Waals surface area (Å²) in [5.74, 6) is -1.90. The van der Waals surface area contributed by atoms with Crippen molar-refractivity contribution in [2.24, 2.45) is 0 Å². The number of fused-ring (bicyclic) bond motifs is 2. The summed E-state index contributed by atoms with van der Waals surface area (Å²) in [6, 6.07) is 16.8. The highest BCUT2D eigenvalue weighted by Crippen LogP contribution is 2.29. The Morgan fingerprint density at radius 2 is 1.72 bits per heavy atom. The van der Waals surface area contributed by atoms with E-state index in [0.29, 0.717) is 21.9 Å². The Hall–Kier alpha value is -4.01. The fraction of sp³-hybridized carbons (Fsp3) is 0.179. The van der Waals surface area contributed by atoms with Crippen molar-refractivity contribution in [2.75, 3.05) is 5.73 Å². The quantitative estimate of drug-likeness (QED) is 0.313. The first-order chi connectivity index (χ1) is 17.1. The van der Waals surface area contributed by atoms with Crippen LogP contribution in [0.4, 0.5) is 5.69 Å². The van der Waals surface area contributed by atoms with Crippen molar-refractivity contribution in [3.05, 3.63) is 87.3 Å². The van der Waals surface area contributed by atoms with E-state index in [-0.39, 0.29) is 25.0 Å². The molecule has 2 amide bonds. The Balaban J connectivity index is 1.75. The van der Waals surface area contributed by atoms with Gasteiger partial charge in [-0.3, -0.25) is 9.59 Å². The summed E-state index contributed by atoms with van der Waals surface area (Å²) >= 11 is 0. The second kappa shape index (κ2) is 8.58. The monoisotopic (exact) mass is 498 g/mol. The van der Waals surface area contributed by atoms with Crippen molar-refractivity contribution in [1.82, 2.24) is 5.06 Å². The zero-order valence-corrected chi connectivity index (χ0v) is 21.1. The molecule has 5 rings (SSSR count). The molecule has 3 N–H and O–H groups in total. The van der Waals surface area contributed by atoms with E-state index in [1.807, 2.05) is 30.3 Å². The van der Waals surface area contributed by atoms with Gasteiger partial charge in [-0.15, -0.1) is 5.06 Å². The minimum atomic E-state index is -2.15. The molecule has 2 aliphatic heterocycles. The first-order valence-corrected chi connectivity index (χ1v) is 14.7. The number of aliphatic hydroxyl groups excluding tert-OH is 1. The van der Waals surface area contributed by atoms with E-state index in [4.69, 9.17) is 10.6 Å². The number of nitrogen functional groups attached to an aromatic ring is 1. The number of hydrogen-bond donors (Lipinski definition) is 2. The highest BCUT2D eigenvalue weighted by Gasteiger charge is 2.36. The molecule has 3 aromatic carbocycles.